The van der Waals surface area contributed by atoms with Crippen molar-refractivity contribution in [3.05, 3.63) is 29.6 Å². The highest BCUT2D eigenvalue weighted by atomic mass is 19.1. The van der Waals surface area contributed by atoms with E-state index in [1.54, 1.807) is 38.2 Å². The molecule has 0 unspecified atom stereocenters. The van der Waals surface area contributed by atoms with Crippen molar-refractivity contribution in [1.29, 1.82) is 0 Å². The van der Waals surface area contributed by atoms with Gasteiger partial charge in [0.05, 0.1) is 12.3 Å². The molecule has 22 heavy (non-hydrogen) atoms. The van der Waals surface area contributed by atoms with Gasteiger partial charge in [0.15, 0.2) is 0 Å². The molecule has 0 aromatic heterocycles. The number of amides is 1. The molecule has 5 nitrogen and oxygen atoms in total. The monoisotopic (exact) mass is 311 g/mol. The summed E-state index contributed by atoms with van der Waals surface area (Å²) in [5, 5.41) is 2.81. The lowest BCUT2D eigenvalue weighted by atomic mass is 10.1. The first-order valence-corrected chi connectivity index (χ1v) is 7.38. The number of likely N-dealkylation sites (N-methyl/N-ethyl adjacent to an activating group) is 1. The summed E-state index contributed by atoms with van der Waals surface area (Å²) in [7, 11) is 7.21. The zero-order valence-electron chi connectivity index (χ0n) is 13.9. The van der Waals surface area contributed by atoms with E-state index in [1.807, 2.05) is 7.05 Å². The molecule has 1 N–H and O–H groups in total. The van der Waals surface area contributed by atoms with E-state index >= 15 is 0 Å². The summed E-state index contributed by atoms with van der Waals surface area (Å²) >= 11 is 0. The second-order valence-electron chi connectivity index (χ2n) is 5.47. The average molecular weight is 311 g/mol. The molecule has 0 fully saturated rings. The standard InChI is InChI=1S/C16H26FN3O2/c1-19(2)15-7-6-13(12-14(15)17)16(21)18-8-5-9-20(3)10-11-22-4/h6-7,12H,5,8-11H2,1-4H3,(H,18,21). The number of halogens is 1. The van der Waals surface area contributed by atoms with E-state index in [2.05, 4.69) is 10.2 Å². The fraction of sp³-hybridized carbons (Fsp3) is 0.562. The van der Waals surface area contributed by atoms with Crippen molar-refractivity contribution >= 4 is 11.6 Å². The lowest BCUT2D eigenvalue weighted by molar-refractivity contribution is 0.0950. The van der Waals surface area contributed by atoms with Crippen LogP contribution in [0.2, 0.25) is 0 Å². The van der Waals surface area contributed by atoms with Crippen LogP contribution >= 0.6 is 0 Å². The van der Waals surface area contributed by atoms with Gasteiger partial charge in [0.1, 0.15) is 5.82 Å². The lowest BCUT2D eigenvalue weighted by Gasteiger charge is -2.16. The van der Waals surface area contributed by atoms with Crippen molar-refractivity contribution in [3.63, 3.8) is 0 Å². The molecule has 1 amide bonds. The maximum absolute atomic E-state index is 13.8. The van der Waals surface area contributed by atoms with Crippen LogP contribution in [0.5, 0.6) is 0 Å². The maximum atomic E-state index is 13.8. The maximum Gasteiger partial charge on any atom is 0.251 e. The minimum Gasteiger partial charge on any atom is -0.383 e. The van der Waals surface area contributed by atoms with Gasteiger partial charge in [-0.15, -0.1) is 0 Å². The average Bonchev–Trinajstić information content (AvgIpc) is 2.48. The van der Waals surface area contributed by atoms with Gasteiger partial charge in [0.25, 0.3) is 5.91 Å². The smallest absolute Gasteiger partial charge is 0.251 e. The number of benzene rings is 1. The first kappa shape index (κ1) is 18.4. The number of nitrogens with zero attached hydrogens (tertiary/aromatic N) is 2. The third kappa shape index (κ3) is 5.99. The fourth-order valence-corrected chi connectivity index (χ4v) is 2.02. The van der Waals surface area contributed by atoms with Crippen LogP contribution in [0.4, 0.5) is 10.1 Å². The van der Waals surface area contributed by atoms with Gasteiger partial charge in [-0.25, -0.2) is 4.39 Å². The number of carbonyl (C=O) groups excluding carboxylic acids is 1. The minimum atomic E-state index is -0.392. The minimum absolute atomic E-state index is 0.247. The van der Waals surface area contributed by atoms with E-state index in [4.69, 9.17) is 4.74 Å². The molecule has 0 spiro atoms. The quantitative estimate of drug-likeness (QED) is 0.704. The molecule has 0 atom stereocenters. The summed E-state index contributed by atoms with van der Waals surface area (Å²) < 4.78 is 18.8. The van der Waals surface area contributed by atoms with Crippen LogP contribution in [0, 0.1) is 5.82 Å². The Balaban J connectivity index is 2.38. The largest absolute Gasteiger partial charge is 0.383 e. The SMILES string of the molecule is COCCN(C)CCCNC(=O)c1ccc(N(C)C)c(F)c1. The molecular formula is C16H26FN3O2. The number of anilines is 1. The van der Waals surface area contributed by atoms with E-state index < -0.39 is 5.82 Å². The number of hydrogen-bond donors (Lipinski definition) is 1. The topological polar surface area (TPSA) is 44.8 Å². The molecule has 0 aliphatic rings. The van der Waals surface area contributed by atoms with Crippen molar-refractivity contribution in [2.75, 3.05) is 59.4 Å². The van der Waals surface area contributed by atoms with Crippen LogP contribution in [0.25, 0.3) is 0 Å². The zero-order valence-corrected chi connectivity index (χ0v) is 13.9. The Morgan fingerprint density at radius 2 is 2.00 bits per heavy atom. The molecule has 124 valence electrons. The molecule has 1 rings (SSSR count). The summed E-state index contributed by atoms with van der Waals surface area (Å²) in [5.74, 6) is -0.638. The van der Waals surface area contributed by atoms with Crippen molar-refractivity contribution in [2.45, 2.75) is 6.42 Å². The molecule has 6 heteroatoms. The molecule has 0 aliphatic carbocycles. The fourth-order valence-electron chi connectivity index (χ4n) is 2.02. The Morgan fingerprint density at radius 1 is 1.27 bits per heavy atom. The van der Waals surface area contributed by atoms with Gasteiger partial charge in [-0.2, -0.15) is 0 Å². The van der Waals surface area contributed by atoms with Crippen LogP contribution in [0.15, 0.2) is 18.2 Å². The van der Waals surface area contributed by atoms with Gasteiger partial charge in [0, 0.05) is 39.9 Å². The number of nitrogens with one attached hydrogen (secondary N) is 1. The van der Waals surface area contributed by atoms with E-state index in [0.717, 1.165) is 19.5 Å². The van der Waals surface area contributed by atoms with E-state index in [9.17, 15) is 9.18 Å². The summed E-state index contributed by atoms with van der Waals surface area (Å²) in [6.45, 7) is 2.99. The van der Waals surface area contributed by atoms with Crippen molar-refractivity contribution in [3.8, 4) is 0 Å². The third-order valence-electron chi connectivity index (χ3n) is 3.37. The van der Waals surface area contributed by atoms with Gasteiger partial charge < -0.3 is 19.9 Å². The first-order chi connectivity index (χ1) is 10.5. The molecule has 0 saturated carbocycles. The highest BCUT2D eigenvalue weighted by Crippen LogP contribution is 2.18. The number of carbonyl (C=O) groups is 1. The third-order valence-corrected chi connectivity index (χ3v) is 3.37. The second kappa shape index (κ2) is 9.38. The van der Waals surface area contributed by atoms with Gasteiger partial charge in [0.2, 0.25) is 0 Å². The Hall–Kier alpha value is -1.66. The van der Waals surface area contributed by atoms with Gasteiger partial charge in [-0.1, -0.05) is 0 Å². The molecular weight excluding hydrogens is 285 g/mol. The predicted octanol–water partition coefficient (Wildman–Crippen LogP) is 1.59. The number of rotatable bonds is 9. The van der Waals surface area contributed by atoms with E-state index in [-0.39, 0.29) is 5.91 Å². The molecule has 0 radical (unpaired) electrons. The number of methoxy groups -OCH3 is 1. The lowest BCUT2D eigenvalue weighted by Crippen LogP contribution is -2.29. The second-order valence-corrected chi connectivity index (χ2v) is 5.47. The van der Waals surface area contributed by atoms with E-state index in [0.29, 0.717) is 24.4 Å². The number of hydrogen-bond acceptors (Lipinski definition) is 4. The van der Waals surface area contributed by atoms with Crippen LogP contribution in [0.3, 0.4) is 0 Å². The van der Waals surface area contributed by atoms with Crippen LogP contribution in [-0.2, 0) is 4.74 Å². The summed E-state index contributed by atoms with van der Waals surface area (Å²) in [6, 6.07) is 4.52. The molecule has 0 bridgehead atoms. The predicted molar refractivity (Wildman–Crippen MR) is 87.1 cm³/mol. The zero-order chi connectivity index (χ0) is 16.5. The van der Waals surface area contributed by atoms with Crippen molar-refractivity contribution < 1.29 is 13.9 Å². The Bertz CT molecular complexity index is 480. The summed E-state index contributed by atoms with van der Waals surface area (Å²) in [4.78, 5) is 15.8. The Morgan fingerprint density at radius 3 is 2.59 bits per heavy atom. The molecule has 1 aromatic carbocycles. The highest BCUT2D eigenvalue weighted by Gasteiger charge is 2.10. The number of ether oxygens (including phenoxy) is 1. The molecule has 1 aromatic rings. The summed E-state index contributed by atoms with van der Waals surface area (Å²) in [6.07, 6.45) is 0.838. The molecule has 0 aliphatic heterocycles. The van der Waals surface area contributed by atoms with Gasteiger partial charge in [-0.3, -0.25) is 4.79 Å². The Labute approximate surface area is 132 Å². The summed E-state index contributed by atoms with van der Waals surface area (Å²) in [5.41, 5.74) is 0.812. The first-order valence-electron chi connectivity index (χ1n) is 7.38. The molecule has 0 heterocycles. The van der Waals surface area contributed by atoms with Crippen molar-refractivity contribution in [2.24, 2.45) is 0 Å². The molecule has 0 saturated heterocycles. The van der Waals surface area contributed by atoms with Crippen LogP contribution < -0.4 is 10.2 Å². The Kier molecular flexibility index (Phi) is 7.84. The highest BCUT2D eigenvalue weighted by molar-refractivity contribution is 5.94. The van der Waals surface area contributed by atoms with Crippen LogP contribution in [0.1, 0.15) is 16.8 Å². The normalized spacial score (nSPS) is 10.8. The van der Waals surface area contributed by atoms with E-state index in [1.165, 1.54) is 6.07 Å². The van der Waals surface area contributed by atoms with Crippen LogP contribution in [-0.4, -0.2) is 65.3 Å². The van der Waals surface area contributed by atoms with Gasteiger partial charge in [-0.05, 0) is 38.2 Å². The van der Waals surface area contributed by atoms with Crippen molar-refractivity contribution in [1.82, 2.24) is 10.2 Å². The van der Waals surface area contributed by atoms with Gasteiger partial charge >= 0.3 is 0 Å².